The van der Waals surface area contributed by atoms with E-state index in [-0.39, 0.29) is 23.3 Å². The van der Waals surface area contributed by atoms with Crippen LogP contribution in [0.15, 0.2) is 48.7 Å². The first-order valence-corrected chi connectivity index (χ1v) is 12.1. The van der Waals surface area contributed by atoms with Crippen LogP contribution in [0.5, 0.6) is 5.75 Å². The number of methoxy groups -OCH3 is 1. The molecule has 2 unspecified atom stereocenters. The van der Waals surface area contributed by atoms with Gasteiger partial charge in [-0.15, -0.1) is 0 Å². The molecule has 1 N–H and O–H groups in total. The topological polar surface area (TPSA) is 53.5 Å². The Morgan fingerprint density at radius 1 is 1.03 bits per heavy atom. The number of anilines is 4. The number of halogens is 1. The fourth-order valence-corrected chi connectivity index (χ4v) is 4.64. The van der Waals surface area contributed by atoms with Gasteiger partial charge in [-0.05, 0) is 67.6 Å². The molecule has 0 radical (unpaired) electrons. The maximum Gasteiger partial charge on any atom is 0.228 e. The van der Waals surface area contributed by atoms with Crippen LogP contribution in [0.25, 0.3) is 0 Å². The van der Waals surface area contributed by atoms with Crippen LogP contribution in [0.3, 0.4) is 0 Å². The summed E-state index contributed by atoms with van der Waals surface area (Å²) in [6, 6.07) is 14.7. The van der Waals surface area contributed by atoms with E-state index in [0.717, 1.165) is 35.8 Å². The lowest BCUT2D eigenvalue weighted by Crippen LogP contribution is -2.57. The molecule has 1 fully saturated rings. The van der Waals surface area contributed by atoms with Gasteiger partial charge in [-0.1, -0.05) is 32.9 Å². The fraction of sp³-hybridized carbons (Fsp3) is 0.429. The third-order valence-electron chi connectivity index (χ3n) is 6.68. The zero-order chi connectivity index (χ0) is 25.3. The van der Waals surface area contributed by atoms with Gasteiger partial charge in [0.1, 0.15) is 5.75 Å². The number of aromatic nitrogens is 2. The molecule has 1 saturated heterocycles. The normalized spacial score (nSPS) is 18.5. The van der Waals surface area contributed by atoms with Crippen molar-refractivity contribution in [2.24, 2.45) is 0 Å². The van der Waals surface area contributed by atoms with Crippen molar-refractivity contribution in [1.29, 1.82) is 0 Å². The van der Waals surface area contributed by atoms with Gasteiger partial charge in [0.05, 0.1) is 13.3 Å². The van der Waals surface area contributed by atoms with Crippen molar-refractivity contribution < 1.29 is 9.13 Å². The number of aryl methyl sites for hydroxylation is 1. The molecule has 0 amide bonds. The highest BCUT2D eigenvalue weighted by Crippen LogP contribution is 2.31. The van der Waals surface area contributed by atoms with Crippen LogP contribution >= 0.6 is 0 Å². The van der Waals surface area contributed by atoms with Crippen molar-refractivity contribution in [3.05, 3.63) is 65.6 Å². The van der Waals surface area contributed by atoms with E-state index in [1.807, 2.05) is 19.1 Å². The van der Waals surface area contributed by atoms with Crippen LogP contribution in [-0.2, 0) is 5.41 Å². The number of nitrogens with zero attached hydrogens (tertiary/aromatic N) is 4. The SMILES string of the molecule is COc1ccc(N2CC(C)N(c3ncc(F)c(Nc4cc(C(C)(C)C)ccc4C)n3)C(C)C2)cc1. The van der Waals surface area contributed by atoms with E-state index in [1.165, 1.54) is 11.8 Å². The molecule has 0 bridgehead atoms. The van der Waals surface area contributed by atoms with Crippen molar-refractivity contribution in [3.63, 3.8) is 0 Å². The summed E-state index contributed by atoms with van der Waals surface area (Å²) in [5.74, 6) is 1.11. The maximum atomic E-state index is 14.8. The minimum Gasteiger partial charge on any atom is -0.497 e. The van der Waals surface area contributed by atoms with Crippen LogP contribution in [0, 0.1) is 12.7 Å². The van der Waals surface area contributed by atoms with Gasteiger partial charge < -0.3 is 19.9 Å². The number of hydrogen-bond donors (Lipinski definition) is 1. The van der Waals surface area contributed by atoms with Gasteiger partial charge in [-0.25, -0.2) is 9.37 Å². The lowest BCUT2D eigenvalue weighted by atomic mass is 9.86. The molecule has 2 heterocycles. The van der Waals surface area contributed by atoms with Gasteiger partial charge >= 0.3 is 0 Å². The van der Waals surface area contributed by atoms with E-state index in [1.54, 1.807) is 7.11 Å². The van der Waals surface area contributed by atoms with Crippen LogP contribution in [0.2, 0.25) is 0 Å². The minimum atomic E-state index is -0.466. The average molecular weight is 478 g/mol. The number of ether oxygens (including phenoxy) is 1. The molecule has 6 nitrogen and oxygen atoms in total. The Kier molecular flexibility index (Phi) is 6.88. The molecule has 2 atom stereocenters. The number of hydrogen-bond acceptors (Lipinski definition) is 6. The fourth-order valence-electron chi connectivity index (χ4n) is 4.64. The molecule has 3 aromatic rings. The molecule has 0 saturated carbocycles. The van der Waals surface area contributed by atoms with E-state index in [4.69, 9.17) is 4.74 Å². The summed E-state index contributed by atoms with van der Waals surface area (Å²) in [6.07, 6.45) is 1.27. The van der Waals surface area contributed by atoms with Crippen molar-refractivity contribution in [1.82, 2.24) is 9.97 Å². The van der Waals surface area contributed by atoms with E-state index < -0.39 is 5.82 Å². The van der Waals surface area contributed by atoms with Crippen molar-refractivity contribution >= 4 is 23.1 Å². The Labute approximate surface area is 208 Å². The number of benzene rings is 2. The van der Waals surface area contributed by atoms with Gasteiger partial charge in [-0.2, -0.15) is 4.98 Å². The molecular weight excluding hydrogens is 441 g/mol. The molecule has 7 heteroatoms. The summed E-state index contributed by atoms with van der Waals surface area (Å²) in [5, 5.41) is 3.23. The minimum absolute atomic E-state index is 0.00602. The van der Waals surface area contributed by atoms with Gasteiger partial charge in [0.15, 0.2) is 11.6 Å². The Morgan fingerprint density at radius 2 is 1.69 bits per heavy atom. The zero-order valence-electron chi connectivity index (χ0n) is 21.8. The maximum absolute atomic E-state index is 14.8. The second kappa shape index (κ2) is 9.72. The van der Waals surface area contributed by atoms with Crippen molar-refractivity contribution in [2.45, 2.75) is 59.0 Å². The molecule has 0 aliphatic carbocycles. The largest absolute Gasteiger partial charge is 0.497 e. The van der Waals surface area contributed by atoms with Gasteiger partial charge in [0.2, 0.25) is 5.95 Å². The molecule has 35 heavy (non-hydrogen) atoms. The van der Waals surface area contributed by atoms with E-state index in [0.29, 0.717) is 5.95 Å². The molecule has 0 spiro atoms. The summed E-state index contributed by atoms with van der Waals surface area (Å²) in [7, 11) is 1.67. The molecule has 1 aliphatic heterocycles. The first-order chi connectivity index (χ1) is 16.6. The summed E-state index contributed by atoms with van der Waals surface area (Å²) in [6.45, 7) is 14.4. The Morgan fingerprint density at radius 3 is 2.29 bits per heavy atom. The third kappa shape index (κ3) is 5.34. The third-order valence-corrected chi connectivity index (χ3v) is 6.68. The van der Waals surface area contributed by atoms with E-state index >= 15 is 0 Å². The first-order valence-electron chi connectivity index (χ1n) is 12.1. The monoisotopic (exact) mass is 477 g/mol. The second-order valence-electron chi connectivity index (χ2n) is 10.5. The standard InChI is InChI=1S/C28H36FN5O/c1-18-8-9-21(28(4,5)6)14-25(18)31-26-24(29)15-30-27(32-26)34-19(2)16-33(17-20(34)3)22-10-12-23(35-7)13-11-22/h8-15,19-20H,16-17H2,1-7H3,(H,30,31,32). The Bertz CT molecular complexity index is 1160. The summed E-state index contributed by atoms with van der Waals surface area (Å²) in [4.78, 5) is 13.5. The predicted octanol–water partition coefficient (Wildman–Crippen LogP) is 6.08. The number of rotatable bonds is 5. The van der Waals surface area contributed by atoms with E-state index in [2.05, 4.69) is 90.0 Å². The van der Waals surface area contributed by atoms with Gasteiger partial charge in [0, 0.05) is 36.5 Å². The van der Waals surface area contributed by atoms with Crippen LogP contribution in [0.4, 0.5) is 27.5 Å². The number of nitrogens with one attached hydrogen (secondary N) is 1. The molecule has 1 aliphatic rings. The molecule has 2 aromatic carbocycles. The van der Waals surface area contributed by atoms with Crippen LogP contribution in [0.1, 0.15) is 45.7 Å². The highest BCUT2D eigenvalue weighted by molar-refractivity contribution is 5.63. The lowest BCUT2D eigenvalue weighted by Gasteiger charge is -2.45. The summed E-state index contributed by atoms with van der Waals surface area (Å²) >= 11 is 0. The first kappa shape index (κ1) is 24.8. The molecule has 1 aromatic heterocycles. The van der Waals surface area contributed by atoms with Crippen molar-refractivity contribution in [3.8, 4) is 5.75 Å². The molecule has 186 valence electrons. The smallest absolute Gasteiger partial charge is 0.228 e. The van der Waals surface area contributed by atoms with Crippen LogP contribution < -0.4 is 19.9 Å². The van der Waals surface area contributed by atoms with Crippen molar-refractivity contribution in [2.75, 3.05) is 35.3 Å². The van der Waals surface area contributed by atoms with Gasteiger partial charge in [0.25, 0.3) is 0 Å². The second-order valence-corrected chi connectivity index (χ2v) is 10.5. The Balaban J connectivity index is 1.57. The van der Waals surface area contributed by atoms with Crippen LogP contribution in [-0.4, -0.2) is 42.3 Å². The quantitative estimate of drug-likeness (QED) is 0.481. The van der Waals surface area contributed by atoms with E-state index in [9.17, 15) is 4.39 Å². The number of piperazine rings is 1. The summed E-state index contributed by atoms with van der Waals surface area (Å²) in [5.41, 5.74) is 4.21. The highest BCUT2D eigenvalue weighted by atomic mass is 19.1. The average Bonchev–Trinajstić information content (AvgIpc) is 2.81. The lowest BCUT2D eigenvalue weighted by molar-refractivity contribution is 0.414. The highest BCUT2D eigenvalue weighted by Gasteiger charge is 2.32. The molecular formula is C28H36FN5O. The summed E-state index contributed by atoms with van der Waals surface area (Å²) < 4.78 is 20.1. The predicted molar refractivity (Wildman–Crippen MR) is 142 cm³/mol. The van der Waals surface area contributed by atoms with Gasteiger partial charge in [-0.3, -0.25) is 0 Å². The zero-order valence-corrected chi connectivity index (χ0v) is 21.8. The molecule has 4 rings (SSSR count). The Hall–Kier alpha value is -3.35.